The Kier molecular flexibility index (Phi) is 9.98. The van der Waals surface area contributed by atoms with Crippen molar-refractivity contribution in [2.75, 3.05) is 14.2 Å². The van der Waals surface area contributed by atoms with Crippen molar-refractivity contribution >= 4 is 16.6 Å². The maximum atomic E-state index is 6.91. The summed E-state index contributed by atoms with van der Waals surface area (Å²) in [5, 5.41) is 0.0338. The van der Waals surface area contributed by atoms with E-state index in [1.54, 1.807) is 14.2 Å². The molecule has 0 radical (unpaired) electrons. The van der Waals surface area contributed by atoms with Crippen molar-refractivity contribution in [2.45, 2.75) is 77.8 Å². The number of methoxy groups -OCH3 is 2. The second kappa shape index (κ2) is 12.7. The first kappa shape index (κ1) is 32.9. The summed E-state index contributed by atoms with van der Waals surface area (Å²) >= 11 is 0. The van der Waals surface area contributed by atoms with Crippen molar-refractivity contribution in [1.29, 1.82) is 0 Å². The first-order valence-electron chi connectivity index (χ1n) is 14.3. The van der Waals surface area contributed by atoms with Crippen molar-refractivity contribution in [3.8, 4) is 46.7 Å². The summed E-state index contributed by atoms with van der Waals surface area (Å²) in [5.41, 5.74) is 3.36. The van der Waals surface area contributed by atoms with Crippen molar-refractivity contribution in [3.05, 3.63) is 82.9 Å². The summed E-state index contributed by atoms with van der Waals surface area (Å²) in [6.45, 7) is 22.5. The molecule has 222 valence electrons. The molecule has 0 fully saturated rings. The molecule has 0 aromatic heterocycles. The van der Waals surface area contributed by atoms with E-state index < -0.39 is 16.6 Å². The Morgan fingerprint density at radius 3 is 1.07 bits per heavy atom. The molecule has 0 saturated heterocycles. The quantitative estimate of drug-likeness (QED) is 0.209. The van der Waals surface area contributed by atoms with Gasteiger partial charge in [0.2, 0.25) is 0 Å². The highest BCUT2D eigenvalue weighted by molar-refractivity contribution is 6.75. The van der Waals surface area contributed by atoms with E-state index in [0.29, 0.717) is 0 Å². The van der Waals surface area contributed by atoms with Gasteiger partial charge in [-0.1, -0.05) is 65.2 Å². The van der Waals surface area contributed by atoms with Crippen LogP contribution in [0.15, 0.2) is 60.7 Å². The van der Waals surface area contributed by atoms with Gasteiger partial charge in [-0.2, -0.15) is 0 Å². The van der Waals surface area contributed by atoms with Crippen LogP contribution in [0, 0.1) is 23.7 Å². The molecule has 0 atom stereocenters. The van der Waals surface area contributed by atoms with Crippen LogP contribution in [0.1, 0.15) is 63.8 Å². The fourth-order valence-electron chi connectivity index (χ4n) is 3.41. The lowest BCUT2D eigenvalue weighted by molar-refractivity contribution is 0.414. The summed E-state index contributed by atoms with van der Waals surface area (Å²) in [4.78, 5) is 0. The molecule has 0 aliphatic rings. The number of rotatable bonds is 6. The van der Waals surface area contributed by atoms with Gasteiger partial charge >= 0.3 is 0 Å². The van der Waals surface area contributed by atoms with Gasteiger partial charge in [0.15, 0.2) is 0 Å². The van der Waals surface area contributed by atoms with Gasteiger partial charge in [-0.15, -0.1) is 0 Å². The Bertz CT molecular complexity index is 1380. The molecule has 4 nitrogen and oxygen atoms in total. The lowest BCUT2D eigenvalue weighted by Gasteiger charge is -2.39. The highest BCUT2D eigenvalue weighted by Crippen LogP contribution is 2.44. The predicted octanol–water partition coefficient (Wildman–Crippen LogP) is 9.27. The zero-order chi connectivity index (χ0) is 31.3. The molecule has 3 rings (SSSR count). The van der Waals surface area contributed by atoms with E-state index in [4.69, 9.17) is 18.3 Å². The number of benzene rings is 3. The molecule has 0 amide bonds. The van der Waals surface area contributed by atoms with E-state index in [2.05, 4.69) is 91.4 Å². The van der Waals surface area contributed by atoms with Gasteiger partial charge in [0.05, 0.1) is 14.2 Å². The Labute approximate surface area is 256 Å². The van der Waals surface area contributed by atoms with Crippen LogP contribution in [0.2, 0.25) is 36.3 Å². The van der Waals surface area contributed by atoms with Crippen LogP contribution >= 0.6 is 0 Å². The second-order valence-corrected chi connectivity index (χ2v) is 23.0. The minimum Gasteiger partial charge on any atom is -0.541 e. The SMILES string of the molecule is COc1ccc(C#Cc2cc(O[Si](C)(C)C(C)(C)C)c(O[Si](C)(C)C(C)(C)C)cc2C#Cc2ccc(OC)cc2)cc1. The van der Waals surface area contributed by atoms with E-state index in [1.807, 2.05) is 60.7 Å². The molecule has 0 aliphatic heterocycles. The molecule has 0 unspecified atom stereocenters. The van der Waals surface area contributed by atoms with Crippen LogP contribution in [0.5, 0.6) is 23.0 Å². The third-order valence-corrected chi connectivity index (χ3v) is 17.0. The smallest absolute Gasteiger partial charge is 0.250 e. The fourth-order valence-corrected chi connectivity index (χ4v) is 5.44. The average Bonchev–Trinajstić information content (AvgIpc) is 2.91. The van der Waals surface area contributed by atoms with Gasteiger partial charge in [-0.25, -0.2) is 0 Å². The zero-order valence-corrected chi connectivity index (χ0v) is 29.4. The Morgan fingerprint density at radius 1 is 0.500 bits per heavy atom. The Hall–Kier alpha value is -3.59. The summed E-state index contributed by atoms with van der Waals surface area (Å²) < 4.78 is 24.4. The summed E-state index contributed by atoms with van der Waals surface area (Å²) in [6, 6.07) is 19.5. The maximum absolute atomic E-state index is 6.91. The van der Waals surface area contributed by atoms with Gasteiger partial charge in [0.25, 0.3) is 16.6 Å². The molecule has 0 N–H and O–H groups in total. The van der Waals surface area contributed by atoms with Crippen molar-refractivity contribution in [1.82, 2.24) is 0 Å². The van der Waals surface area contributed by atoms with Crippen LogP contribution in [-0.2, 0) is 0 Å². The maximum Gasteiger partial charge on any atom is 0.250 e. The molecule has 0 heterocycles. The van der Waals surface area contributed by atoms with Crippen LogP contribution in [-0.4, -0.2) is 30.9 Å². The lowest BCUT2D eigenvalue weighted by atomic mass is 10.1. The van der Waals surface area contributed by atoms with E-state index in [-0.39, 0.29) is 10.1 Å². The Balaban J connectivity index is 2.24. The van der Waals surface area contributed by atoms with Crippen LogP contribution in [0.4, 0.5) is 0 Å². The summed E-state index contributed by atoms with van der Waals surface area (Å²) in [7, 11) is -1.06. The Morgan fingerprint density at radius 2 is 0.810 bits per heavy atom. The molecule has 42 heavy (non-hydrogen) atoms. The minimum atomic E-state index is -2.19. The van der Waals surface area contributed by atoms with Crippen LogP contribution in [0.25, 0.3) is 0 Å². The molecule has 0 aliphatic carbocycles. The van der Waals surface area contributed by atoms with Crippen molar-refractivity contribution < 1.29 is 18.3 Å². The standard InChI is InChI=1S/C36H46O4Si2/c1-35(2,3)41(9,10)39-33-25-29(19-13-27-15-21-31(37-7)22-16-27)30(20-14-28-17-23-32(38-8)24-18-28)26-34(33)40-42(11,12)36(4,5)6/h15-18,21-26H,1-12H3. The lowest BCUT2D eigenvalue weighted by Crippen LogP contribution is -2.45. The molecule has 3 aromatic rings. The van der Waals surface area contributed by atoms with Gasteiger partial charge in [-0.05, 0) is 96.9 Å². The van der Waals surface area contributed by atoms with Gasteiger partial charge in [0.1, 0.15) is 23.0 Å². The molecule has 6 heteroatoms. The molecule has 0 bridgehead atoms. The highest BCUT2D eigenvalue weighted by atomic mass is 28.4. The second-order valence-electron chi connectivity index (χ2n) is 13.5. The third-order valence-electron chi connectivity index (χ3n) is 8.29. The van der Waals surface area contributed by atoms with Gasteiger partial charge in [-0.3, -0.25) is 0 Å². The normalized spacial score (nSPS) is 11.9. The predicted molar refractivity (Wildman–Crippen MR) is 180 cm³/mol. The van der Waals surface area contributed by atoms with E-state index in [1.165, 1.54) is 0 Å². The average molecular weight is 599 g/mol. The highest BCUT2D eigenvalue weighted by Gasteiger charge is 2.42. The first-order chi connectivity index (χ1) is 19.5. The minimum absolute atomic E-state index is 0.0169. The zero-order valence-electron chi connectivity index (χ0n) is 27.4. The molecular formula is C36H46O4Si2. The third kappa shape index (κ3) is 8.25. The molecular weight excluding hydrogens is 553 g/mol. The van der Waals surface area contributed by atoms with E-state index in [9.17, 15) is 0 Å². The summed E-state index contributed by atoms with van der Waals surface area (Å²) in [5.74, 6) is 16.5. The van der Waals surface area contributed by atoms with E-state index >= 15 is 0 Å². The van der Waals surface area contributed by atoms with Crippen molar-refractivity contribution in [2.24, 2.45) is 0 Å². The monoisotopic (exact) mass is 598 g/mol. The molecule has 3 aromatic carbocycles. The van der Waals surface area contributed by atoms with E-state index in [0.717, 1.165) is 45.3 Å². The topological polar surface area (TPSA) is 36.9 Å². The first-order valence-corrected chi connectivity index (χ1v) is 20.2. The summed E-state index contributed by atoms with van der Waals surface area (Å²) in [6.07, 6.45) is 0. The largest absolute Gasteiger partial charge is 0.541 e. The molecule has 0 saturated carbocycles. The van der Waals surface area contributed by atoms with Crippen molar-refractivity contribution in [3.63, 3.8) is 0 Å². The van der Waals surface area contributed by atoms with Gasteiger partial charge in [0, 0.05) is 22.3 Å². The van der Waals surface area contributed by atoms with Gasteiger partial charge < -0.3 is 18.3 Å². The number of hydrogen-bond donors (Lipinski definition) is 0. The molecule has 0 spiro atoms. The number of ether oxygens (including phenoxy) is 2. The number of hydrogen-bond acceptors (Lipinski definition) is 4. The van der Waals surface area contributed by atoms with Crippen LogP contribution < -0.4 is 18.3 Å². The fraction of sp³-hybridized carbons (Fsp3) is 0.389. The van der Waals surface area contributed by atoms with Crippen LogP contribution in [0.3, 0.4) is 0 Å².